The molecule has 1 N–H and O–H groups in total. The maximum Gasteiger partial charge on any atom is 0.243 e. The Morgan fingerprint density at radius 1 is 1.00 bits per heavy atom. The summed E-state index contributed by atoms with van der Waals surface area (Å²) in [7, 11) is -2.70. The maximum atomic E-state index is 13.5. The first-order chi connectivity index (χ1) is 17.1. The summed E-state index contributed by atoms with van der Waals surface area (Å²) < 4.78 is 36.4. The molecule has 0 saturated carbocycles. The minimum absolute atomic E-state index is 0.104. The van der Waals surface area contributed by atoms with Crippen LogP contribution in [0.1, 0.15) is 30.0 Å². The van der Waals surface area contributed by atoms with E-state index < -0.39 is 21.4 Å². The molecule has 2 atom stereocenters. The van der Waals surface area contributed by atoms with Crippen molar-refractivity contribution in [2.45, 2.75) is 32.1 Å². The van der Waals surface area contributed by atoms with Crippen LogP contribution in [0.15, 0.2) is 49.1 Å². The van der Waals surface area contributed by atoms with Gasteiger partial charge in [-0.15, -0.1) is 10.2 Å². The summed E-state index contributed by atoms with van der Waals surface area (Å²) >= 11 is 13.0. The number of para-hydroxylation sites is 1. The molecular weight excluding hydrogens is 525 g/mol. The zero-order valence-corrected chi connectivity index (χ0v) is 22.2. The summed E-state index contributed by atoms with van der Waals surface area (Å²) in [4.78, 5) is 12.7. The highest BCUT2D eigenvalue weighted by Crippen LogP contribution is 2.35. The van der Waals surface area contributed by atoms with Crippen LogP contribution in [0.25, 0.3) is 17.1 Å². The highest BCUT2D eigenvalue weighted by atomic mass is 35.5. The Balaban J connectivity index is 1.80. The molecule has 0 saturated heterocycles. The predicted octanol–water partition coefficient (Wildman–Crippen LogP) is 4.56. The van der Waals surface area contributed by atoms with Gasteiger partial charge in [-0.3, -0.25) is 14.3 Å². The van der Waals surface area contributed by atoms with Crippen molar-refractivity contribution in [2.75, 3.05) is 11.8 Å². The number of hydrogen-bond acceptors (Lipinski definition) is 8. The van der Waals surface area contributed by atoms with Gasteiger partial charge < -0.3 is 4.74 Å². The molecule has 0 amide bonds. The van der Waals surface area contributed by atoms with Crippen LogP contribution in [0.4, 0.5) is 5.95 Å². The van der Waals surface area contributed by atoms with Gasteiger partial charge in [0.15, 0.2) is 11.6 Å². The van der Waals surface area contributed by atoms with Gasteiger partial charge in [0.1, 0.15) is 11.4 Å². The van der Waals surface area contributed by atoms with Crippen LogP contribution in [-0.4, -0.2) is 50.5 Å². The Hall–Kier alpha value is -3.12. The van der Waals surface area contributed by atoms with E-state index in [4.69, 9.17) is 27.9 Å². The Morgan fingerprint density at radius 3 is 2.28 bits per heavy atom. The van der Waals surface area contributed by atoms with Gasteiger partial charge in [-0.25, -0.2) is 18.4 Å². The topological polar surface area (TPSA) is 125 Å². The summed E-state index contributed by atoms with van der Waals surface area (Å²) in [6.07, 6.45) is 5.53. The van der Waals surface area contributed by atoms with Gasteiger partial charge in [-0.1, -0.05) is 29.3 Å². The molecule has 4 rings (SSSR count). The van der Waals surface area contributed by atoms with Crippen molar-refractivity contribution in [2.24, 2.45) is 0 Å². The fraction of sp³-hybridized carbons (Fsp3) is 0.261. The average Bonchev–Trinajstić information content (AvgIpc) is 3.23. The second-order valence-electron chi connectivity index (χ2n) is 8.13. The molecule has 13 heteroatoms. The first-order valence-electron chi connectivity index (χ1n) is 10.8. The summed E-state index contributed by atoms with van der Waals surface area (Å²) in [6, 6.07) is 6.80. The van der Waals surface area contributed by atoms with E-state index in [-0.39, 0.29) is 21.8 Å². The smallest absolute Gasteiger partial charge is 0.243 e. The Labute approximate surface area is 218 Å². The first kappa shape index (κ1) is 26.0. The van der Waals surface area contributed by atoms with Crippen LogP contribution in [0.2, 0.25) is 10.0 Å². The molecule has 3 aromatic heterocycles. The van der Waals surface area contributed by atoms with E-state index >= 15 is 0 Å². The molecule has 36 heavy (non-hydrogen) atoms. The minimum atomic E-state index is -4.10. The van der Waals surface area contributed by atoms with E-state index in [0.29, 0.717) is 17.1 Å². The lowest BCUT2D eigenvalue weighted by Crippen LogP contribution is -2.33. The number of nitrogens with zero attached hydrogens (tertiary/aromatic N) is 6. The molecule has 0 aliphatic carbocycles. The number of sulfonamides is 1. The highest BCUT2D eigenvalue weighted by Gasteiger charge is 2.34. The number of aryl methyl sites for hydroxylation is 2. The molecule has 2 unspecified atom stereocenters. The lowest BCUT2D eigenvalue weighted by atomic mass is 10.2. The number of nitrogens with one attached hydrogen (secondary N) is 1. The van der Waals surface area contributed by atoms with Crippen LogP contribution in [-0.2, 0) is 14.8 Å². The third-order valence-electron chi connectivity index (χ3n) is 5.42. The van der Waals surface area contributed by atoms with Gasteiger partial charge in [0.25, 0.3) is 0 Å². The van der Waals surface area contributed by atoms with E-state index in [2.05, 4.69) is 29.9 Å². The largest absolute Gasteiger partial charge is 0.372 e. The molecule has 0 fully saturated rings. The van der Waals surface area contributed by atoms with E-state index in [1.54, 1.807) is 43.0 Å². The quantitative estimate of drug-likeness (QED) is 0.340. The fourth-order valence-electron chi connectivity index (χ4n) is 3.57. The SMILES string of the molecule is COC(c1ncc(C)cn1)C(C)S(=O)(=O)Nc1nnc(-c2cncc(C)c2)n1-c1c(Cl)cccc1Cl. The van der Waals surface area contributed by atoms with Gasteiger partial charge in [0, 0.05) is 37.5 Å². The summed E-state index contributed by atoms with van der Waals surface area (Å²) in [5, 5.41) is 7.82. The zero-order chi connectivity index (χ0) is 26.0. The second kappa shape index (κ2) is 10.5. The lowest BCUT2D eigenvalue weighted by molar-refractivity contribution is 0.0949. The van der Waals surface area contributed by atoms with Gasteiger partial charge >= 0.3 is 0 Å². The number of benzene rings is 1. The van der Waals surface area contributed by atoms with Crippen molar-refractivity contribution < 1.29 is 13.2 Å². The number of aromatic nitrogens is 6. The monoisotopic (exact) mass is 547 g/mol. The second-order valence-corrected chi connectivity index (χ2v) is 11.0. The molecular formula is C23H23Cl2N7O3S. The number of methoxy groups -OCH3 is 1. The third-order valence-corrected chi connectivity index (χ3v) is 7.72. The summed E-state index contributed by atoms with van der Waals surface area (Å²) in [6.45, 7) is 5.21. The van der Waals surface area contributed by atoms with Crippen molar-refractivity contribution in [3.05, 3.63) is 76.0 Å². The number of hydrogen-bond donors (Lipinski definition) is 1. The summed E-state index contributed by atoms with van der Waals surface area (Å²) in [5.41, 5.74) is 2.63. The number of halogens is 2. The van der Waals surface area contributed by atoms with Gasteiger partial charge in [0.05, 0.1) is 15.7 Å². The predicted molar refractivity (Wildman–Crippen MR) is 138 cm³/mol. The van der Waals surface area contributed by atoms with Crippen molar-refractivity contribution in [1.29, 1.82) is 0 Å². The maximum absolute atomic E-state index is 13.5. The van der Waals surface area contributed by atoms with Crippen LogP contribution in [0.5, 0.6) is 0 Å². The standard InChI is InChI=1S/C23H23Cl2N7O3S/c1-13-8-16(12-26-9-13)22-29-30-23(32(22)19-17(24)6-5-7-18(19)25)31-36(33,34)15(3)20(35-4)21-27-10-14(2)11-28-21/h5-12,15,20H,1-4H3,(H,30,31). The molecule has 188 valence electrons. The van der Waals surface area contributed by atoms with Crippen molar-refractivity contribution in [3.63, 3.8) is 0 Å². The molecule has 0 radical (unpaired) electrons. The minimum Gasteiger partial charge on any atom is -0.372 e. The number of pyridine rings is 1. The Kier molecular flexibility index (Phi) is 7.55. The fourth-order valence-corrected chi connectivity index (χ4v) is 5.27. The Morgan fingerprint density at radius 2 is 1.67 bits per heavy atom. The van der Waals surface area contributed by atoms with Crippen molar-refractivity contribution >= 4 is 39.2 Å². The highest BCUT2D eigenvalue weighted by molar-refractivity contribution is 7.93. The first-order valence-corrected chi connectivity index (χ1v) is 13.1. The van der Waals surface area contributed by atoms with E-state index in [1.807, 2.05) is 19.9 Å². The molecule has 1 aromatic carbocycles. The molecule has 3 heterocycles. The molecule has 0 spiro atoms. The number of ether oxygens (including phenoxy) is 1. The van der Waals surface area contributed by atoms with Crippen LogP contribution >= 0.6 is 23.2 Å². The molecule has 0 bridgehead atoms. The van der Waals surface area contributed by atoms with Crippen LogP contribution in [0.3, 0.4) is 0 Å². The molecule has 10 nitrogen and oxygen atoms in total. The van der Waals surface area contributed by atoms with E-state index in [9.17, 15) is 8.42 Å². The normalized spacial score (nSPS) is 13.4. The summed E-state index contributed by atoms with van der Waals surface area (Å²) in [5.74, 6) is 0.438. The van der Waals surface area contributed by atoms with Gasteiger partial charge in [-0.05, 0) is 50.1 Å². The zero-order valence-electron chi connectivity index (χ0n) is 19.8. The van der Waals surface area contributed by atoms with Gasteiger partial charge in [-0.2, -0.15) is 0 Å². The van der Waals surface area contributed by atoms with Crippen LogP contribution in [0, 0.1) is 13.8 Å². The lowest BCUT2D eigenvalue weighted by Gasteiger charge is -2.22. The van der Waals surface area contributed by atoms with Crippen molar-refractivity contribution in [1.82, 2.24) is 29.7 Å². The van der Waals surface area contributed by atoms with Crippen LogP contribution < -0.4 is 4.72 Å². The number of rotatable bonds is 8. The van der Waals surface area contributed by atoms with E-state index in [0.717, 1.165) is 11.1 Å². The average molecular weight is 548 g/mol. The van der Waals surface area contributed by atoms with Gasteiger partial charge in [0.2, 0.25) is 16.0 Å². The molecule has 0 aliphatic heterocycles. The molecule has 0 aliphatic rings. The number of anilines is 1. The Bertz CT molecular complexity index is 1470. The molecule has 4 aromatic rings. The van der Waals surface area contributed by atoms with E-state index in [1.165, 1.54) is 18.6 Å². The van der Waals surface area contributed by atoms with Crippen molar-refractivity contribution in [3.8, 4) is 17.1 Å². The third kappa shape index (κ3) is 5.19.